The molecule has 0 bridgehead atoms. The summed E-state index contributed by atoms with van der Waals surface area (Å²) in [6, 6.07) is 1.66. The predicted octanol–water partition coefficient (Wildman–Crippen LogP) is 0.377. The van der Waals surface area contributed by atoms with E-state index in [1.54, 1.807) is 6.92 Å². The standard InChI is InChI=1S/C6H10N2O/c1-3-8(5-9)6(2)4-7/h5-6H,3H2,1-2H3. The van der Waals surface area contributed by atoms with Gasteiger partial charge in [0.25, 0.3) is 0 Å². The highest BCUT2D eigenvalue weighted by atomic mass is 16.1. The fraction of sp³-hybridized carbons (Fsp3) is 0.667. The monoisotopic (exact) mass is 126 g/mol. The van der Waals surface area contributed by atoms with E-state index in [1.807, 2.05) is 13.0 Å². The number of nitriles is 1. The van der Waals surface area contributed by atoms with Crippen molar-refractivity contribution in [2.75, 3.05) is 6.54 Å². The molecule has 3 nitrogen and oxygen atoms in total. The molecule has 50 valence electrons. The Morgan fingerprint density at radius 1 is 1.89 bits per heavy atom. The van der Waals surface area contributed by atoms with Gasteiger partial charge in [0, 0.05) is 6.54 Å². The molecule has 0 N–H and O–H groups in total. The van der Waals surface area contributed by atoms with Gasteiger partial charge in [-0.05, 0) is 13.8 Å². The van der Waals surface area contributed by atoms with Gasteiger partial charge in [0.15, 0.2) is 0 Å². The Morgan fingerprint density at radius 3 is 2.56 bits per heavy atom. The molecular formula is C6H10N2O. The lowest BCUT2D eigenvalue weighted by Crippen LogP contribution is -2.29. The van der Waals surface area contributed by atoms with Crippen LogP contribution in [0.15, 0.2) is 0 Å². The number of carbonyl (C=O) groups excluding carboxylic acids is 1. The first-order valence-electron chi connectivity index (χ1n) is 2.87. The topological polar surface area (TPSA) is 44.1 Å². The molecule has 0 aromatic carbocycles. The first kappa shape index (κ1) is 7.96. The molecule has 0 aromatic heterocycles. The third kappa shape index (κ3) is 2.13. The van der Waals surface area contributed by atoms with Gasteiger partial charge in [0.1, 0.15) is 6.04 Å². The van der Waals surface area contributed by atoms with Crippen molar-refractivity contribution in [3.63, 3.8) is 0 Å². The van der Waals surface area contributed by atoms with E-state index < -0.39 is 0 Å². The molecule has 0 heterocycles. The molecule has 0 aliphatic carbocycles. The molecule has 0 aliphatic heterocycles. The fourth-order valence-electron chi connectivity index (χ4n) is 0.514. The molecule has 0 radical (unpaired) electrons. The molecule has 0 aromatic rings. The minimum absolute atomic E-state index is 0.299. The SMILES string of the molecule is CCN(C=O)C(C)C#N. The molecule has 0 rings (SSSR count). The minimum Gasteiger partial charge on any atom is -0.330 e. The van der Waals surface area contributed by atoms with Crippen molar-refractivity contribution in [3.8, 4) is 6.07 Å². The number of hydrogen-bond donors (Lipinski definition) is 0. The van der Waals surface area contributed by atoms with Crippen molar-refractivity contribution in [3.05, 3.63) is 0 Å². The van der Waals surface area contributed by atoms with Gasteiger partial charge in [-0.25, -0.2) is 0 Å². The third-order valence-electron chi connectivity index (χ3n) is 1.18. The van der Waals surface area contributed by atoms with Gasteiger partial charge in [-0.15, -0.1) is 0 Å². The lowest BCUT2D eigenvalue weighted by Gasteiger charge is -2.15. The van der Waals surface area contributed by atoms with Crippen LogP contribution in [0.25, 0.3) is 0 Å². The minimum atomic E-state index is -0.299. The number of hydrogen-bond acceptors (Lipinski definition) is 2. The molecule has 0 saturated heterocycles. The highest BCUT2D eigenvalue weighted by molar-refractivity contribution is 5.48. The Hall–Kier alpha value is -1.04. The first-order chi connectivity index (χ1) is 4.26. The zero-order valence-corrected chi connectivity index (χ0v) is 5.66. The fourth-order valence-corrected chi connectivity index (χ4v) is 0.514. The summed E-state index contributed by atoms with van der Waals surface area (Å²) >= 11 is 0. The van der Waals surface area contributed by atoms with E-state index in [4.69, 9.17) is 5.26 Å². The Kier molecular flexibility index (Phi) is 3.45. The summed E-state index contributed by atoms with van der Waals surface area (Å²) in [6.45, 7) is 4.12. The van der Waals surface area contributed by atoms with Gasteiger partial charge in [-0.2, -0.15) is 5.26 Å². The summed E-state index contributed by atoms with van der Waals surface area (Å²) < 4.78 is 0. The lowest BCUT2D eigenvalue weighted by molar-refractivity contribution is -0.118. The Bertz CT molecular complexity index is 128. The van der Waals surface area contributed by atoms with Gasteiger partial charge in [-0.1, -0.05) is 0 Å². The maximum Gasteiger partial charge on any atom is 0.210 e. The summed E-state index contributed by atoms with van der Waals surface area (Å²) in [6.07, 6.45) is 0.688. The van der Waals surface area contributed by atoms with Gasteiger partial charge in [0.2, 0.25) is 6.41 Å². The van der Waals surface area contributed by atoms with E-state index in [9.17, 15) is 4.79 Å². The average Bonchev–Trinajstić information content (AvgIpc) is 1.90. The molecule has 0 aliphatic rings. The van der Waals surface area contributed by atoms with Crippen LogP contribution in [0.4, 0.5) is 0 Å². The van der Waals surface area contributed by atoms with Gasteiger partial charge in [0.05, 0.1) is 6.07 Å². The molecular weight excluding hydrogens is 116 g/mol. The molecule has 1 amide bonds. The molecule has 9 heavy (non-hydrogen) atoms. The van der Waals surface area contributed by atoms with Gasteiger partial charge in [-0.3, -0.25) is 4.79 Å². The van der Waals surface area contributed by atoms with E-state index >= 15 is 0 Å². The maximum atomic E-state index is 10.1. The van der Waals surface area contributed by atoms with Crippen LogP contribution in [0.3, 0.4) is 0 Å². The van der Waals surface area contributed by atoms with Crippen molar-refractivity contribution < 1.29 is 4.79 Å². The number of amides is 1. The van der Waals surface area contributed by atoms with E-state index in [1.165, 1.54) is 4.90 Å². The highest BCUT2D eigenvalue weighted by Gasteiger charge is 2.05. The Morgan fingerprint density at radius 2 is 2.44 bits per heavy atom. The zero-order valence-electron chi connectivity index (χ0n) is 5.66. The van der Waals surface area contributed by atoms with Crippen LogP contribution in [0.2, 0.25) is 0 Å². The first-order valence-corrected chi connectivity index (χ1v) is 2.87. The van der Waals surface area contributed by atoms with E-state index in [0.29, 0.717) is 13.0 Å². The Labute approximate surface area is 54.9 Å². The molecule has 3 heteroatoms. The second kappa shape index (κ2) is 3.90. The van der Waals surface area contributed by atoms with Crippen LogP contribution in [0, 0.1) is 11.3 Å². The molecule has 0 fully saturated rings. The summed E-state index contributed by atoms with van der Waals surface area (Å²) in [7, 11) is 0. The second-order valence-electron chi connectivity index (χ2n) is 1.74. The Balaban J connectivity index is 3.82. The van der Waals surface area contributed by atoms with Crippen molar-refractivity contribution >= 4 is 6.41 Å². The summed E-state index contributed by atoms with van der Waals surface area (Å²) in [4.78, 5) is 11.5. The third-order valence-corrected chi connectivity index (χ3v) is 1.18. The van der Waals surface area contributed by atoms with Crippen LogP contribution in [0.1, 0.15) is 13.8 Å². The average molecular weight is 126 g/mol. The van der Waals surface area contributed by atoms with Crippen LogP contribution in [-0.4, -0.2) is 23.9 Å². The second-order valence-corrected chi connectivity index (χ2v) is 1.74. The van der Waals surface area contributed by atoms with Crippen LogP contribution in [0.5, 0.6) is 0 Å². The number of rotatable bonds is 3. The quantitative estimate of drug-likeness (QED) is 0.513. The largest absolute Gasteiger partial charge is 0.330 e. The summed E-state index contributed by atoms with van der Waals surface area (Å²) in [5.41, 5.74) is 0. The van der Waals surface area contributed by atoms with Crippen LogP contribution >= 0.6 is 0 Å². The summed E-state index contributed by atoms with van der Waals surface area (Å²) in [5, 5.41) is 8.32. The van der Waals surface area contributed by atoms with Crippen LogP contribution in [-0.2, 0) is 4.79 Å². The maximum absolute atomic E-state index is 10.1. The number of nitrogens with zero attached hydrogens (tertiary/aromatic N) is 2. The summed E-state index contributed by atoms with van der Waals surface area (Å²) in [5.74, 6) is 0. The normalized spacial score (nSPS) is 11.7. The predicted molar refractivity (Wildman–Crippen MR) is 33.5 cm³/mol. The van der Waals surface area contributed by atoms with E-state index in [0.717, 1.165) is 0 Å². The lowest BCUT2D eigenvalue weighted by atomic mass is 10.3. The molecule has 1 atom stereocenters. The van der Waals surface area contributed by atoms with Crippen LogP contribution < -0.4 is 0 Å². The molecule has 0 spiro atoms. The molecule has 0 saturated carbocycles. The van der Waals surface area contributed by atoms with Gasteiger partial charge >= 0.3 is 0 Å². The molecule has 1 unspecified atom stereocenters. The number of carbonyl (C=O) groups is 1. The van der Waals surface area contributed by atoms with E-state index in [2.05, 4.69) is 0 Å². The van der Waals surface area contributed by atoms with Gasteiger partial charge < -0.3 is 4.90 Å². The zero-order chi connectivity index (χ0) is 7.28. The van der Waals surface area contributed by atoms with Crippen molar-refractivity contribution in [2.24, 2.45) is 0 Å². The van der Waals surface area contributed by atoms with Crippen molar-refractivity contribution in [1.82, 2.24) is 4.90 Å². The van der Waals surface area contributed by atoms with Crippen molar-refractivity contribution in [1.29, 1.82) is 5.26 Å². The smallest absolute Gasteiger partial charge is 0.210 e. The highest BCUT2D eigenvalue weighted by Crippen LogP contribution is 1.90. The van der Waals surface area contributed by atoms with Crippen molar-refractivity contribution in [2.45, 2.75) is 19.9 Å². The van der Waals surface area contributed by atoms with E-state index in [-0.39, 0.29) is 6.04 Å².